The summed E-state index contributed by atoms with van der Waals surface area (Å²) in [5, 5.41) is 4.18. The summed E-state index contributed by atoms with van der Waals surface area (Å²) in [6, 6.07) is 5.99. The third-order valence-electron chi connectivity index (χ3n) is 2.38. The lowest BCUT2D eigenvalue weighted by atomic mass is 10.2. The van der Waals surface area contributed by atoms with E-state index < -0.39 is 0 Å². The second-order valence-corrected chi connectivity index (χ2v) is 3.55. The molecule has 1 aliphatic rings. The highest BCUT2D eigenvalue weighted by atomic mass is 35.5. The second-order valence-electron chi connectivity index (χ2n) is 3.14. The largest absolute Gasteiger partial charge is 0.382 e. The highest BCUT2D eigenvalue weighted by Crippen LogP contribution is 2.35. The highest BCUT2D eigenvalue weighted by molar-refractivity contribution is 6.34. The van der Waals surface area contributed by atoms with Crippen molar-refractivity contribution in [2.75, 3.05) is 29.9 Å². The molecular weight excluding hydrogens is 184 g/mol. The Morgan fingerprint density at radius 2 is 2.38 bits per heavy atom. The molecule has 0 fully saturated rings. The van der Waals surface area contributed by atoms with Crippen LogP contribution in [0.5, 0.6) is 0 Å². The molecule has 1 aromatic carbocycles. The van der Waals surface area contributed by atoms with Gasteiger partial charge in [0.15, 0.2) is 0 Å². The Bertz CT molecular complexity index is 312. The molecule has 0 amide bonds. The van der Waals surface area contributed by atoms with Gasteiger partial charge in [-0.15, -0.1) is 0 Å². The Morgan fingerprint density at radius 3 is 3.15 bits per heavy atom. The minimum atomic E-state index is 0.839. The molecule has 0 spiro atoms. The molecular formula is C10H13ClN2. The summed E-state index contributed by atoms with van der Waals surface area (Å²) in [6.45, 7) is 5.20. The average Bonchev–Trinajstić information content (AvgIpc) is 2.17. The van der Waals surface area contributed by atoms with Gasteiger partial charge in [0.2, 0.25) is 0 Å². The van der Waals surface area contributed by atoms with Crippen molar-refractivity contribution < 1.29 is 0 Å². The number of benzene rings is 1. The van der Waals surface area contributed by atoms with E-state index in [4.69, 9.17) is 11.6 Å². The van der Waals surface area contributed by atoms with Crippen molar-refractivity contribution >= 4 is 23.0 Å². The number of hydrogen-bond acceptors (Lipinski definition) is 2. The van der Waals surface area contributed by atoms with Crippen molar-refractivity contribution in [3.05, 3.63) is 23.2 Å². The predicted molar refractivity (Wildman–Crippen MR) is 57.8 cm³/mol. The zero-order valence-corrected chi connectivity index (χ0v) is 8.43. The lowest BCUT2D eigenvalue weighted by molar-refractivity contribution is 0.815. The van der Waals surface area contributed by atoms with Gasteiger partial charge in [-0.2, -0.15) is 0 Å². The molecule has 1 N–H and O–H groups in total. The summed E-state index contributed by atoms with van der Waals surface area (Å²) in [4.78, 5) is 2.30. The van der Waals surface area contributed by atoms with Gasteiger partial charge in [0, 0.05) is 19.6 Å². The van der Waals surface area contributed by atoms with Crippen molar-refractivity contribution in [3.8, 4) is 0 Å². The Morgan fingerprint density at radius 1 is 1.54 bits per heavy atom. The topological polar surface area (TPSA) is 15.3 Å². The molecule has 2 nitrogen and oxygen atoms in total. The normalized spacial score (nSPS) is 15.1. The number of halogens is 1. The summed E-state index contributed by atoms with van der Waals surface area (Å²) in [6.07, 6.45) is 0. The average molecular weight is 197 g/mol. The van der Waals surface area contributed by atoms with E-state index in [0.717, 1.165) is 36.0 Å². The van der Waals surface area contributed by atoms with Crippen LogP contribution in [-0.4, -0.2) is 19.6 Å². The smallest absolute Gasteiger partial charge is 0.0791 e. The summed E-state index contributed by atoms with van der Waals surface area (Å²) < 4.78 is 0. The van der Waals surface area contributed by atoms with Gasteiger partial charge >= 0.3 is 0 Å². The van der Waals surface area contributed by atoms with Crippen molar-refractivity contribution in [2.45, 2.75) is 6.92 Å². The molecule has 70 valence electrons. The Hall–Kier alpha value is -0.890. The third-order valence-corrected chi connectivity index (χ3v) is 2.69. The monoisotopic (exact) mass is 196 g/mol. The Labute approximate surface area is 83.5 Å². The summed E-state index contributed by atoms with van der Waals surface area (Å²) in [5.41, 5.74) is 2.30. The van der Waals surface area contributed by atoms with Gasteiger partial charge in [0.25, 0.3) is 0 Å². The highest BCUT2D eigenvalue weighted by Gasteiger charge is 2.16. The van der Waals surface area contributed by atoms with E-state index in [1.807, 2.05) is 12.1 Å². The van der Waals surface area contributed by atoms with Gasteiger partial charge in [-0.25, -0.2) is 0 Å². The lowest BCUT2D eigenvalue weighted by Gasteiger charge is -2.31. The van der Waals surface area contributed by atoms with E-state index in [-0.39, 0.29) is 0 Å². The van der Waals surface area contributed by atoms with Gasteiger partial charge in [-0.05, 0) is 19.1 Å². The molecule has 3 heteroatoms. The van der Waals surface area contributed by atoms with Crippen LogP contribution < -0.4 is 10.2 Å². The predicted octanol–water partition coefficient (Wildman–Crippen LogP) is 2.59. The molecule has 0 saturated carbocycles. The summed E-state index contributed by atoms with van der Waals surface area (Å²) >= 11 is 6.13. The number of anilines is 2. The van der Waals surface area contributed by atoms with E-state index in [0.29, 0.717) is 0 Å². The molecule has 1 aliphatic heterocycles. The zero-order chi connectivity index (χ0) is 9.26. The Balaban J connectivity index is 2.47. The van der Waals surface area contributed by atoms with E-state index in [2.05, 4.69) is 23.2 Å². The lowest BCUT2D eigenvalue weighted by Crippen LogP contribution is -2.33. The molecule has 0 radical (unpaired) electrons. The van der Waals surface area contributed by atoms with E-state index in [1.54, 1.807) is 0 Å². The van der Waals surface area contributed by atoms with E-state index in [1.165, 1.54) is 0 Å². The fraction of sp³-hybridized carbons (Fsp3) is 0.400. The number of hydrogen-bond donors (Lipinski definition) is 1. The number of nitrogens with one attached hydrogen (secondary N) is 1. The maximum Gasteiger partial charge on any atom is 0.0791 e. The SMILES string of the molecule is CCN1CCNc2cccc(Cl)c21. The Kier molecular flexibility index (Phi) is 2.32. The first-order chi connectivity index (χ1) is 6.33. The first-order valence-corrected chi connectivity index (χ1v) is 4.98. The third kappa shape index (κ3) is 1.46. The molecule has 13 heavy (non-hydrogen) atoms. The second kappa shape index (κ2) is 3.46. The fourth-order valence-electron chi connectivity index (χ4n) is 1.73. The van der Waals surface area contributed by atoms with Crippen LogP contribution in [0.4, 0.5) is 11.4 Å². The number of para-hydroxylation sites is 1. The van der Waals surface area contributed by atoms with Crippen LogP contribution in [0.3, 0.4) is 0 Å². The number of likely N-dealkylation sites (N-methyl/N-ethyl adjacent to an activating group) is 1. The van der Waals surface area contributed by atoms with Crippen LogP contribution in [0.1, 0.15) is 6.92 Å². The van der Waals surface area contributed by atoms with Crippen molar-refractivity contribution in [2.24, 2.45) is 0 Å². The molecule has 1 aromatic rings. The molecule has 1 heterocycles. The number of nitrogens with zero attached hydrogens (tertiary/aromatic N) is 1. The van der Waals surface area contributed by atoms with Crippen LogP contribution >= 0.6 is 11.6 Å². The van der Waals surface area contributed by atoms with Crippen LogP contribution in [0.2, 0.25) is 5.02 Å². The number of fused-ring (bicyclic) bond motifs is 1. The molecule has 0 aromatic heterocycles. The van der Waals surface area contributed by atoms with Crippen molar-refractivity contribution in [1.29, 1.82) is 0 Å². The van der Waals surface area contributed by atoms with Crippen molar-refractivity contribution in [3.63, 3.8) is 0 Å². The molecule has 2 rings (SSSR count). The maximum atomic E-state index is 6.13. The minimum Gasteiger partial charge on any atom is -0.382 e. The van der Waals surface area contributed by atoms with E-state index >= 15 is 0 Å². The number of rotatable bonds is 1. The molecule has 0 aliphatic carbocycles. The van der Waals surface area contributed by atoms with Gasteiger partial charge in [-0.3, -0.25) is 0 Å². The molecule has 0 saturated heterocycles. The maximum absolute atomic E-state index is 6.13. The first-order valence-electron chi connectivity index (χ1n) is 4.60. The minimum absolute atomic E-state index is 0.839. The van der Waals surface area contributed by atoms with Crippen LogP contribution in [0.25, 0.3) is 0 Å². The van der Waals surface area contributed by atoms with Crippen LogP contribution in [0.15, 0.2) is 18.2 Å². The first kappa shape index (κ1) is 8.70. The quantitative estimate of drug-likeness (QED) is 0.743. The molecule has 0 bridgehead atoms. The zero-order valence-electron chi connectivity index (χ0n) is 7.68. The van der Waals surface area contributed by atoms with Gasteiger partial charge in [0.05, 0.1) is 16.4 Å². The molecule has 0 atom stereocenters. The van der Waals surface area contributed by atoms with Crippen LogP contribution in [0, 0.1) is 0 Å². The standard InChI is InChI=1S/C10H13ClN2/c1-2-13-7-6-12-9-5-3-4-8(11)10(9)13/h3-5,12H,2,6-7H2,1H3. The summed E-state index contributed by atoms with van der Waals surface area (Å²) in [7, 11) is 0. The summed E-state index contributed by atoms with van der Waals surface area (Å²) in [5.74, 6) is 0. The van der Waals surface area contributed by atoms with Gasteiger partial charge < -0.3 is 10.2 Å². The van der Waals surface area contributed by atoms with E-state index in [9.17, 15) is 0 Å². The van der Waals surface area contributed by atoms with Crippen molar-refractivity contribution in [1.82, 2.24) is 0 Å². The van der Waals surface area contributed by atoms with Crippen LogP contribution in [-0.2, 0) is 0 Å². The van der Waals surface area contributed by atoms with Gasteiger partial charge in [0.1, 0.15) is 0 Å². The fourth-order valence-corrected chi connectivity index (χ4v) is 2.03. The van der Waals surface area contributed by atoms with Gasteiger partial charge in [-0.1, -0.05) is 17.7 Å². The molecule has 0 unspecified atom stereocenters.